The third-order valence-electron chi connectivity index (χ3n) is 11.6. The lowest BCUT2D eigenvalue weighted by Gasteiger charge is -2.26. The fraction of sp³-hybridized carbons (Fsp3) is 0.815. The lowest BCUT2D eigenvalue weighted by Crippen LogP contribution is -2.37. The summed E-state index contributed by atoms with van der Waals surface area (Å²) in [6.45, 7) is 12.9. The first kappa shape index (κ1) is 61.3. The molecule has 4 rings (SSSR count). The SMILES string of the molecule is C.C1CCOCC1.CCCCCCCCCCCCCCOc1ccc(C(=O)OCCCCl)o1.CCCCCCCCCCCCCCOc1ccc(C(=O)OCCCN2CCOCC2)o1. The van der Waals surface area contributed by atoms with E-state index in [-0.39, 0.29) is 18.9 Å². The van der Waals surface area contributed by atoms with Crippen molar-refractivity contribution in [3.8, 4) is 11.9 Å². The van der Waals surface area contributed by atoms with E-state index in [4.69, 9.17) is 48.9 Å². The van der Waals surface area contributed by atoms with Gasteiger partial charge in [-0.05, 0) is 57.1 Å². The monoisotopic (exact) mass is 954 g/mol. The van der Waals surface area contributed by atoms with Gasteiger partial charge in [-0.3, -0.25) is 4.90 Å². The number of alkyl halides is 1. The van der Waals surface area contributed by atoms with Crippen LogP contribution in [0.15, 0.2) is 33.1 Å². The van der Waals surface area contributed by atoms with Crippen LogP contribution >= 0.6 is 11.6 Å². The van der Waals surface area contributed by atoms with Crippen LogP contribution in [0.25, 0.3) is 0 Å². The number of rotatable bonds is 37. The predicted molar refractivity (Wildman–Crippen MR) is 270 cm³/mol. The highest BCUT2D eigenvalue weighted by Crippen LogP contribution is 2.20. The second-order valence-corrected chi connectivity index (χ2v) is 17.9. The average molecular weight is 955 g/mol. The van der Waals surface area contributed by atoms with Crippen molar-refractivity contribution in [1.29, 1.82) is 0 Å². The lowest BCUT2D eigenvalue weighted by molar-refractivity contribution is 0.0286. The highest BCUT2D eigenvalue weighted by atomic mass is 35.5. The van der Waals surface area contributed by atoms with Crippen molar-refractivity contribution in [1.82, 2.24) is 4.90 Å². The summed E-state index contributed by atoms with van der Waals surface area (Å²) in [7, 11) is 0. The summed E-state index contributed by atoms with van der Waals surface area (Å²) in [5.74, 6) is 0.734. The molecule has 66 heavy (non-hydrogen) atoms. The summed E-state index contributed by atoms with van der Waals surface area (Å²) >= 11 is 5.55. The van der Waals surface area contributed by atoms with Gasteiger partial charge in [0, 0.05) is 50.9 Å². The zero-order valence-electron chi connectivity index (χ0n) is 41.2. The molecule has 4 heterocycles. The minimum absolute atomic E-state index is 0. The van der Waals surface area contributed by atoms with Gasteiger partial charge < -0.3 is 37.3 Å². The Labute approximate surface area is 407 Å². The minimum atomic E-state index is -0.472. The molecule has 384 valence electrons. The number of nitrogens with zero attached hydrogens (tertiary/aromatic N) is 1. The topological polar surface area (TPSA) is 119 Å². The van der Waals surface area contributed by atoms with E-state index in [9.17, 15) is 9.59 Å². The van der Waals surface area contributed by atoms with Gasteiger partial charge >= 0.3 is 11.9 Å². The summed E-state index contributed by atoms with van der Waals surface area (Å²) in [5, 5.41) is 0. The highest BCUT2D eigenvalue weighted by molar-refractivity contribution is 6.17. The molecule has 2 aliphatic rings. The van der Waals surface area contributed by atoms with Crippen molar-refractivity contribution < 1.29 is 46.8 Å². The van der Waals surface area contributed by atoms with Gasteiger partial charge in [-0.25, -0.2) is 9.59 Å². The Bertz CT molecular complexity index is 1330. The quantitative estimate of drug-likeness (QED) is 0.0366. The summed E-state index contributed by atoms with van der Waals surface area (Å²) < 4.78 is 42.8. The molecule has 0 bridgehead atoms. The number of morpholine rings is 1. The molecule has 0 radical (unpaired) electrons. The molecule has 2 aromatic rings. The molecule has 0 atom stereocenters. The number of esters is 2. The zero-order valence-corrected chi connectivity index (χ0v) is 42.0. The number of unbranched alkanes of at least 4 members (excludes halogenated alkanes) is 22. The maximum atomic E-state index is 12.1. The van der Waals surface area contributed by atoms with Gasteiger partial charge in [-0.15, -0.1) is 11.6 Å². The molecule has 2 saturated heterocycles. The summed E-state index contributed by atoms with van der Waals surface area (Å²) in [5.41, 5.74) is 0. The third kappa shape index (κ3) is 35.4. The summed E-state index contributed by atoms with van der Waals surface area (Å²) in [6, 6.07) is 6.58. The first-order chi connectivity index (χ1) is 32.1. The second-order valence-electron chi connectivity index (χ2n) is 17.5. The molecule has 0 unspecified atom stereocenters. The Morgan fingerprint density at radius 3 is 1.23 bits per heavy atom. The van der Waals surface area contributed by atoms with Crippen LogP contribution in [0.1, 0.15) is 229 Å². The van der Waals surface area contributed by atoms with Gasteiger partial charge in [0.25, 0.3) is 11.9 Å². The molecule has 0 aromatic carbocycles. The number of carbonyl (C=O) groups excluding carboxylic acids is 2. The third-order valence-corrected chi connectivity index (χ3v) is 11.9. The van der Waals surface area contributed by atoms with Crippen LogP contribution < -0.4 is 9.47 Å². The first-order valence-corrected chi connectivity index (χ1v) is 26.8. The van der Waals surface area contributed by atoms with Gasteiger partial charge in [-0.1, -0.05) is 163 Å². The van der Waals surface area contributed by atoms with Gasteiger partial charge in [0.05, 0.1) is 39.6 Å². The van der Waals surface area contributed by atoms with Crippen molar-refractivity contribution in [2.24, 2.45) is 0 Å². The van der Waals surface area contributed by atoms with Crippen LogP contribution in [-0.2, 0) is 18.9 Å². The lowest BCUT2D eigenvalue weighted by atomic mass is 10.1. The summed E-state index contributed by atoms with van der Waals surface area (Å²) in [6.07, 6.45) is 37.0. The van der Waals surface area contributed by atoms with Crippen LogP contribution in [0.5, 0.6) is 11.9 Å². The normalized spacial score (nSPS) is 13.7. The van der Waals surface area contributed by atoms with E-state index in [1.807, 2.05) is 0 Å². The summed E-state index contributed by atoms with van der Waals surface area (Å²) in [4.78, 5) is 26.1. The highest BCUT2D eigenvalue weighted by Gasteiger charge is 2.15. The van der Waals surface area contributed by atoms with E-state index in [2.05, 4.69) is 18.7 Å². The number of hydrogen-bond acceptors (Lipinski definition) is 11. The maximum absolute atomic E-state index is 12.1. The molecule has 0 spiro atoms. The number of carbonyl (C=O) groups is 2. The van der Waals surface area contributed by atoms with E-state index < -0.39 is 11.9 Å². The molecule has 0 amide bonds. The molecule has 0 aliphatic carbocycles. The molecule has 0 N–H and O–H groups in total. The van der Waals surface area contributed by atoms with Crippen molar-refractivity contribution in [2.75, 3.05) is 78.4 Å². The Balaban J connectivity index is 0.000000582. The number of ether oxygens (including phenoxy) is 6. The fourth-order valence-corrected chi connectivity index (χ4v) is 7.68. The van der Waals surface area contributed by atoms with E-state index in [1.54, 1.807) is 24.3 Å². The Morgan fingerprint density at radius 2 is 0.864 bits per heavy atom. The average Bonchev–Trinajstić information content (AvgIpc) is 4.03. The van der Waals surface area contributed by atoms with Crippen molar-refractivity contribution in [3.63, 3.8) is 0 Å². The smallest absolute Gasteiger partial charge is 0.374 e. The number of hydrogen-bond donors (Lipinski definition) is 0. The van der Waals surface area contributed by atoms with Crippen molar-refractivity contribution in [3.05, 3.63) is 35.8 Å². The van der Waals surface area contributed by atoms with Crippen LogP contribution in [0.4, 0.5) is 0 Å². The van der Waals surface area contributed by atoms with Crippen LogP contribution in [-0.4, -0.2) is 95.2 Å². The van der Waals surface area contributed by atoms with Crippen molar-refractivity contribution in [2.45, 2.75) is 207 Å². The largest absolute Gasteiger partial charge is 0.465 e. The molecule has 2 aromatic heterocycles. The van der Waals surface area contributed by atoms with E-state index >= 15 is 0 Å². The van der Waals surface area contributed by atoms with Gasteiger partial charge in [0.15, 0.2) is 0 Å². The Hall–Kier alpha value is -2.73. The Morgan fingerprint density at radius 1 is 0.485 bits per heavy atom. The molecule has 2 aliphatic heterocycles. The molecular formula is C54H96ClNO10. The van der Waals surface area contributed by atoms with E-state index in [0.29, 0.717) is 50.6 Å². The minimum Gasteiger partial charge on any atom is -0.465 e. The van der Waals surface area contributed by atoms with Gasteiger partial charge in [0.1, 0.15) is 0 Å². The van der Waals surface area contributed by atoms with E-state index in [1.165, 1.54) is 161 Å². The van der Waals surface area contributed by atoms with Gasteiger partial charge in [-0.2, -0.15) is 0 Å². The fourth-order valence-electron chi connectivity index (χ4n) is 7.57. The van der Waals surface area contributed by atoms with Crippen LogP contribution in [0.2, 0.25) is 0 Å². The van der Waals surface area contributed by atoms with Crippen molar-refractivity contribution >= 4 is 23.5 Å². The van der Waals surface area contributed by atoms with Crippen LogP contribution in [0.3, 0.4) is 0 Å². The molecular weight excluding hydrogens is 858 g/mol. The predicted octanol–water partition coefficient (Wildman–Crippen LogP) is 15.2. The molecule has 2 fully saturated rings. The molecule has 0 saturated carbocycles. The standard InChI is InChI=1S/C26H45NO5.C22H37ClO4.C5H10O.CH4/c1-2-3-4-5-6-7-8-9-10-11-12-13-20-30-25-16-15-24(32-25)26(28)31-21-14-17-27-18-22-29-23-19-27;1-2-3-4-5-6-7-8-9-10-11-12-13-18-25-21-16-15-20(27-21)22(24)26-19-14-17-23;1-2-4-6-5-3-1;/h15-16H,2-14,17-23H2,1H3;15-16H,2-14,17-19H2,1H3;1-5H2;1H4. The maximum Gasteiger partial charge on any atom is 0.374 e. The molecule has 12 heteroatoms. The Kier molecular flexibility index (Phi) is 42.7. The van der Waals surface area contributed by atoms with Gasteiger partial charge in [0.2, 0.25) is 11.5 Å². The first-order valence-electron chi connectivity index (χ1n) is 26.3. The molecule has 11 nitrogen and oxygen atoms in total. The zero-order chi connectivity index (χ0) is 46.5. The number of halogens is 1. The number of furan rings is 2. The van der Waals surface area contributed by atoms with E-state index in [0.717, 1.165) is 65.3 Å². The van der Waals surface area contributed by atoms with Crippen LogP contribution in [0, 0.1) is 0 Å². The second kappa shape index (κ2) is 46.0.